The lowest BCUT2D eigenvalue weighted by Gasteiger charge is -2.11. The quantitative estimate of drug-likeness (QED) is 0.273. The van der Waals surface area contributed by atoms with E-state index in [9.17, 15) is 4.79 Å². The lowest BCUT2D eigenvalue weighted by atomic mass is 10.2. The fraction of sp³-hybridized carbons (Fsp3) is 0.857. The van der Waals surface area contributed by atoms with E-state index in [-0.39, 0.29) is 5.97 Å². The van der Waals surface area contributed by atoms with Gasteiger partial charge in [-0.1, -0.05) is 13.8 Å². The van der Waals surface area contributed by atoms with Crippen LogP contribution in [0.3, 0.4) is 0 Å². The molecule has 0 aliphatic carbocycles. The molecule has 0 aliphatic rings. The van der Waals surface area contributed by atoms with E-state index < -0.39 is 0 Å². The number of nitrogens with one attached hydrogen (secondary N) is 2. The largest absolute Gasteiger partial charge is 0.469 e. The van der Waals surface area contributed by atoms with E-state index in [2.05, 4.69) is 34.2 Å². The summed E-state index contributed by atoms with van der Waals surface area (Å²) in [5.41, 5.74) is 0. The third-order valence-corrected chi connectivity index (χ3v) is 2.36. The topological polar surface area (TPSA) is 72.0 Å². The average Bonchev–Trinajstić information content (AvgIpc) is 2.41. The number of nitrogens with zero attached hydrogens (tertiary/aromatic N) is 1. The maximum absolute atomic E-state index is 11.0. The first-order valence-corrected chi connectivity index (χ1v) is 7.26. The standard InChI is InChI=1S/C14H29N3O3/c1-5-15-14(17-9-7-13(18)19-4)16-8-6-10-20-11-12(2)3/h12H,5-11H2,1-4H3,(H2,15,16,17). The SMILES string of the molecule is CCNC(=NCCCOCC(C)C)NCCC(=O)OC. The maximum Gasteiger partial charge on any atom is 0.307 e. The van der Waals surface area contributed by atoms with Crippen LogP contribution in [0.15, 0.2) is 4.99 Å². The number of ether oxygens (including phenoxy) is 2. The van der Waals surface area contributed by atoms with Crippen LogP contribution in [-0.2, 0) is 14.3 Å². The fourth-order valence-electron chi connectivity index (χ4n) is 1.40. The van der Waals surface area contributed by atoms with Gasteiger partial charge in [-0.3, -0.25) is 9.79 Å². The Balaban J connectivity index is 3.80. The highest BCUT2D eigenvalue weighted by Gasteiger charge is 2.01. The average molecular weight is 287 g/mol. The van der Waals surface area contributed by atoms with E-state index in [1.165, 1.54) is 7.11 Å². The molecule has 0 aromatic heterocycles. The smallest absolute Gasteiger partial charge is 0.307 e. The van der Waals surface area contributed by atoms with Crippen LogP contribution in [0.5, 0.6) is 0 Å². The van der Waals surface area contributed by atoms with E-state index in [0.717, 1.165) is 32.1 Å². The molecule has 6 heteroatoms. The first kappa shape index (κ1) is 18.7. The van der Waals surface area contributed by atoms with Crippen LogP contribution >= 0.6 is 0 Å². The summed E-state index contributed by atoms with van der Waals surface area (Å²) in [7, 11) is 1.39. The predicted octanol–water partition coefficient (Wildman–Crippen LogP) is 1.17. The Hall–Kier alpha value is -1.30. The molecule has 0 atom stereocenters. The molecule has 0 unspecified atom stereocenters. The summed E-state index contributed by atoms with van der Waals surface area (Å²) in [6, 6.07) is 0. The van der Waals surface area contributed by atoms with Gasteiger partial charge in [-0.2, -0.15) is 0 Å². The Labute approximate surface area is 122 Å². The fourth-order valence-corrected chi connectivity index (χ4v) is 1.40. The molecule has 0 saturated carbocycles. The molecule has 2 N–H and O–H groups in total. The second kappa shape index (κ2) is 12.7. The van der Waals surface area contributed by atoms with Gasteiger partial charge in [-0.05, 0) is 19.3 Å². The summed E-state index contributed by atoms with van der Waals surface area (Å²) < 4.78 is 10.1. The molecular formula is C14H29N3O3. The highest BCUT2D eigenvalue weighted by Crippen LogP contribution is 1.93. The Bertz CT molecular complexity index is 281. The molecule has 0 rings (SSSR count). The van der Waals surface area contributed by atoms with Gasteiger partial charge in [0.2, 0.25) is 0 Å². The first-order chi connectivity index (χ1) is 9.60. The third-order valence-electron chi connectivity index (χ3n) is 2.36. The zero-order chi connectivity index (χ0) is 15.2. The van der Waals surface area contributed by atoms with E-state index in [4.69, 9.17) is 4.74 Å². The second-order valence-electron chi connectivity index (χ2n) is 4.84. The van der Waals surface area contributed by atoms with Crippen LogP contribution in [0.1, 0.15) is 33.6 Å². The number of guanidine groups is 1. The highest BCUT2D eigenvalue weighted by atomic mass is 16.5. The molecule has 0 heterocycles. The molecule has 6 nitrogen and oxygen atoms in total. The molecule has 0 bridgehead atoms. The molecule has 0 radical (unpaired) electrons. The van der Waals surface area contributed by atoms with Crippen molar-refractivity contribution in [2.45, 2.75) is 33.6 Å². The van der Waals surface area contributed by atoms with Crippen molar-refractivity contribution < 1.29 is 14.3 Å². The van der Waals surface area contributed by atoms with Crippen LogP contribution in [0.4, 0.5) is 0 Å². The summed E-state index contributed by atoms with van der Waals surface area (Å²) in [6.45, 7) is 9.79. The molecule has 0 aliphatic heterocycles. The number of esters is 1. The van der Waals surface area contributed by atoms with Crippen molar-refractivity contribution in [2.24, 2.45) is 10.9 Å². The molecule has 118 valence electrons. The van der Waals surface area contributed by atoms with Crippen molar-refractivity contribution in [3.8, 4) is 0 Å². The molecule has 0 saturated heterocycles. The van der Waals surface area contributed by atoms with Crippen molar-refractivity contribution in [1.82, 2.24) is 10.6 Å². The minimum absolute atomic E-state index is 0.226. The monoisotopic (exact) mass is 287 g/mol. The predicted molar refractivity (Wildman–Crippen MR) is 80.9 cm³/mol. The molecule has 0 fully saturated rings. The zero-order valence-electron chi connectivity index (χ0n) is 13.2. The normalized spacial score (nSPS) is 11.6. The van der Waals surface area contributed by atoms with Gasteiger partial charge >= 0.3 is 5.97 Å². The van der Waals surface area contributed by atoms with Gasteiger partial charge in [0.1, 0.15) is 0 Å². The lowest BCUT2D eigenvalue weighted by Crippen LogP contribution is -2.38. The number of hydrogen-bond acceptors (Lipinski definition) is 4. The first-order valence-electron chi connectivity index (χ1n) is 7.26. The Morgan fingerprint density at radius 1 is 1.30 bits per heavy atom. The van der Waals surface area contributed by atoms with Gasteiger partial charge in [0.25, 0.3) is 0 Å². The molecule has 0 spiro atoms. The number of carbonyl (C=O) groups excluding carboxylic acids is 1. The molecular weight excluding hydrogens is 258 g/mol. The minimum Gasteiger partial charge on any atom is -0.469 e. The van der Waals surface area contributed by atoms with Crippen LogP contribution in [0.2, 0.25) is 0 Å². The molecule has 0 aromatic rings. The zero-order valence-corrected chi connectivity index (χ0v) is 13.2. The number of carbonyl (C=O) groups is 1. The van der Waals surface area contributed by atoms with E-state index in [0.29, 0.717) is 25.4 Å². The molecule has 0 amide bonds. The summed E-state index contributed by atoms with van der Waals surface area (Å²) >= 11 is 0. The second-order valence-corrected chi connectivity index (χ2v) is 4.84. The summed E-state index contributed by atoms with van der Waals surface area (Å²) in [5, 5.41) is 6.22. The Kier molecular flexibility index (Phi) is 11.9. The number of methoxy groups -OCH3 is 1. The summed E-state index contributed by atoms with van der Waals surface area (Å²) in [6.07, 6.45) is 1.22. The van der Waals surface area contributed by atoms with Crippen molar-refractivity contribution in [3.05, 3.63) is 0 Å². The van der Waals surface area contributed by atoms with E-state index >= 15 is 0 Å². The molecule has 0 aromatic carbocycles. The number of hydrogen-bond donors (Lipinski definition) is 2. The van der Waals surface area contributed by atoms with E-state index in [1.807, 2.05) is 6.92 Å². The van der Waals surface area contributed by atoms with E-state index in [1.54, 1.807) is 0 Å². The van der Waals surface area contributed by atoms with Gasteiger partial charge < -0.3 is 20.1 Å². The lowest BCUT2D eigenvalue weighted by molar-refractivity contribution is -0.140. The van der Waals surface area contributed by atoms with Crippen molar-refractivity contribution >= 4 is 11.9 Å². The highest BCUT2D eigenvalue weighted by molar-refractivity contribution is 5.80. The Morgan fingerprint density at radius 2 is 2.05 bits per heavy atom. The van der Waals surface area contributed by atoms with Gasteiger partial charge in [0.05, 0.1) is 13.5 Å². The summed E-state index contributed by atoms with van der Waals surface area (Å²) in [4.78, 5) is 15.4. The Morgan fingerprint density at radius 3 is 2.65 bits per heavy atom. The van der Waals surface area contributed by atoms with Crippen molar-refractivity contribution in [2.75, 3.05) is 40.0 Å². The van der Waals surface area contributed by atoms with Crippen LogP contribution in [-0.4, -0.2) is 51.9 Å². The maximum atomic E-state index is 11.0. The third kappa shape index (κ3) is 11.8. The summed E-state index contributed by atoms with van der Waals surface area (Å²) in [5.74, 6) is 1.06. The van der Waals surface area contributed by atoms with Crippen molar-refractivity contribution in [1.29, 1.82) is 0 Å². The van der Waals surface area contributed by atoms with Crippen molar-refractivity contribution in [3.63, 3.8) is 0 Å². The van der Waals surface area contributed by atoms with Gasteiger partial charge in [-0.15, -0.1) is 0 Å². The minimum atomic E-state index is -0.226. The molecule has 20 heavy (non-hydrogen) atoms. The van der Waals surface area contributed by atoms with Gasteiger partial charge in [0.15, 0.2) is 5.96 Å². The van der Waals surface area contributed by atoms with Crippen LogP contribution in [0.25, 0.3) is 0 Å². The van der Waals surface area contributed by atoms with Crippen LogP contribution < -0.4 is 10.6 Å². The van der Waals surface area contributed by atoms with Gasteiger partial charge in [-0.25, -0.2) is 0 Å². The number of rotatable bonds is 10. The van der Waals surface area contributed by atoms with Crippen LogP contribution in [0, 0.1) is 5.92 Å². The number of aliphatic imine (C=N–C) groups is 1. The van der Waals surface area contributed by atoms with Gasteiger partial charge in [0, 0.05) is 32.8 Å².